The summed E-state index contributed by atoms with van der Waals surface area (Å²) in [5.74, 6) is 1.89. The lowest BCUT2D eigenvalue weighted by atomic mass is 10.0. The van der Waals surface area contributed by atoms with Gasteiger partial charge in [-0.25, -0.2) is 0 Å². The van der Waals surface area contributed by atoms with Gasteiger partial charge in [-0.15, -0.1) is 0 Å². The van der Waals surface area contributed by atoms with Crippen LogP contribution in [0.1, 0.15) is 46.0 Å². The zero-order valence-electron chi connectivity index (χ0n) is 9.71. The molecule has 1 aliphatic rings. The van der Waals surface area contributed by atoms with Crippen LogP contribution in [0.2, 0.25) is 0 Å². The Balaban J connectivity index is 2.12. The van der Waals surface area contributed by atoms with Gasteiger partial charge in [0.05, 0.1) is 0 Å². The first-order valence-electron chi connectivity index (χ1n) is 6.12. The zero-order chi connectivity index (χ0) is 10.4. The van der Waals surface area contributed by atoms with E-state index in [4.69, 9.17) is 0 Å². The lowest BCUT2D eigenvalue weighted by Crippen LogP contribution is -2.29. The molecule has 0 aliphatic heterocycles. The van der Waals surface area contributed by atoms with Crippen LogP contribution in [0, 0.1) is 5.92 Å². The van der Waals surface area contributed by atoms with Crippen molar-refractivity contribution in [3.8, 4) is 0 Å². The maximum Gasteiger partial charge on any atom is 0.00964 e. The van der Waals surface area contributed by atoms with Gasteiger partial charge in [-0.3, -0.25) is 0 Å². The highest BCUT2D eigenvalue weighted by Gasteiger charge is 2.27. The summed E-state index contributed by atoms with van der Waals surface area (Å²) in [5, 5.41) is 0. The van der Waals surface area contributed by atoms with Gasteiger partial charge in [0.2, 0.25) is 0 Å². The second-order valence-electron chi connectivity index (χ2n) is 4.67. The predicted molar refractivity (Wildman–Crippen MR) is 67.1 cm³/mol. The molecule has 1 rings (SSSR count). The Labute approximate surface area is 94.7 Å². The molecule has 0 N–H and O–H groups in total. The standard InChI is InChI=1S/C12H25NS/c1-3-8-13(12-4-5-12)9-6-11(2)7-10-14/h11-12,14H,3-10H2,1-2H3. The summed E-state index contributed by atoms with van der Waals surface area (Å²) < 4.78 is 0. The van der Waals surface area contributed by atoms with Gasteiger partial charge in [0, 0.05) is 6.04 Å². The molecule has 0 aromatic heterocycles. The smallest absolute Gasteiger partial charge is 0.00964 e. The Morgan fingerprint density at radius 1 is 1.29 bits per heavy atom. The summed E-state index contributed by atoms with van der Waals surface area (Å²) in [6.07, 6.45) is 6.82. The van der Waals surface area contributed by atoms with Crippen molar-refractivity contribution in [3.63, 3.8) is 0 Å². The Kier molecular flexibility index (Phi) is 5.95. The summed E-state index contributed by atoms with van der Waals surface area (Å²) in [6, 6.07) is 0.943. The van der Waals surface area contributed by atoms with Crippen molar-refractivity contribution in [2.45, 2.75) is 52.0 Å². The lowest BCUT2D eigenvalue weighted by molar-refractivity contribution is 0.244. The minimum absolute atomic E-state index is 0.852. The van der Waals surface area contributed by atoms with E-state index in [1.54, 1.807) is 0 Å². The van der Waals surface area contributed by atoms with Crippen LogP contribution in [0.25, 0.3) is 0 Å². The molecule has 84 valence electrons. The fourth-order valence-electron chi connectivity index (χ4n) is 1.95. The number of hydrogen-bond donors (Lipinski definition) is 1. The van der Waals surface area contributed by atoms with E-state index in [0.717, 1.165) is 17.7 Å². The third-order valence-electron chi connectivity index (χ3n) is 3.11. The van der Waals surface area contributed by atoms with E-state index < -0.39 is 0 Å². The summed E-state index contributed by atoms with van der Waals surface area (Å²) in [5.41, 5.74) is 0. The summed E-state index contributed by atoms with van der Waals surface area (Å²) in [6.45, 7) is 7.26. The van der Waals surface area contributed by atoms with Crippen molar-refractivity contribution in [2.75, 3.05) is 18.8 Å². The highest BCUT2D eigenvalue weighted by atomic mass is 32.1. The number of rotatable bonds is 8. The fraction of sp³-hybridized carbons (Fsp3) is 1.00. The van der Waals surface area contributed by atoms with Crippen LogP contribution in [0.4, 0.5) is 0 Å². The molecule has 14 heavy (non-hydrogen) atoms. The maximum absolute atomic E-state index is 4.29. The first-order valence-corrected chi connectivity index (χ1v) is 6.76. The highest BCUT2D eigenvalue weighted by molar-refractivity contribution is 7.80. The van der Waals surface area contributed by atoms with Crippen molar-refractivity contribution in [2.24, 2.45) is 5.92 Å². The molecule has 0 radical (unpaired) electrons. The molecule has 1 saturated carbocycles. The van der Waals surface area contributed by atoms with Crippen molar-refractivity contribution in [1.29, 1.82) is 0 Å². The van der Waals surface area contributed by atoms with E-state index in [-0.39, 0.29) is 0 Å². The van der Waals surface area contributed by atoms with Gasteiger partial charge >= 0.3 is 0 Å². The summed E-state index contributed by atoms with van der Waals surface area (Å²) >= 11 is 4.29. The lowest BCUT2D eigenvalue weighted by Gasteiger charge is -2.22. The van der Waals surface area contributed by atoms with Crippen LogP contribution in [0.3, 0.4) is 0 Å². The first-order chi connectivity index (χ1) is 6.77. The number of hydrogen-bond acceptors (Lipinski definition) is 2. The van der Waals surface area contributed by atoms with Crippen molar-refractivity contribution in [1.82, 2.24) is 4.90 Å². The van der Waals surface area contributed by atoms with Crippen molar-refractivity contribution >= 4 is 12.6 Å². The molecule has 0 aromatic rings. The van der Waals surface area contributed by atoms with E-state index >= 15 is 0 Å². The minimum atomic E-state index is 0.852. The van der Waals surface area contributed by atoms with Gasteiger partial charge in [0.1, 0.15) is 0 Å². The Morgan fingerprint density at radius 3 is 2.50 bits per heavy atom. The molecule has 1 fully saturated rings. The molecule has 1 aliphatic carbocycles. The molecule has 0 heterocycles. The number of nitrogens with zero attached hydrogens (tertiary/aromatic N) is 1. The summed E-state index contributed by atoms with van der Waals surface area (Å²) in [4.78, 5) is 2.69. The second-order valence-corrected chi connectivity index (χ2v) is 5.12. The molecule has 2 heteroatoms. The first kappa shape index (κ1) is 12.4. The van der Waals surface area contributed by atoms with E-state index in [9.17, 15) is 0 Å². The predicted octanol–water partition coefficient (Wildman–Crippen LogP) is 3.21. The fourth-order valence-corrected chi connectivity index (χ4v) is 2.40. The SMILES string of the molecule is CCCN(CCC(C)CCS)C1CC1. The quantitative estimate of drug-likeness (QED) is 0.609. The number of thiol groups is 1. The van der Waals surface area contributed by atoms with Crippen LogP contribution in [-0.2, 0) is 0 Å². The van der Waals surface area contributed by atoms with Crippen molar-refractivity contribution in [3.05, 3.63) is 0 Å². The normalized spacial score (nSPS) is 18.9. The Hall–Kier alpha value is 0.310. The average Bonchev–Trinajstić information content (AvgIpc) is 2.96. The Bertz CT molecular complexity index is 145. The van der Waals surface area contributed by atoms with Gasteiger partial charge < -0.3 is 4.90 Å². The van der Waals surface area contributed by atoms with Gasteiger partial charge in [-0.2, -0.15) is 12.6 Å². The Morgan fingerprint density at radius 2 is 2.00 bits per heavy atom. The van der Waals surface area contributed by atoms with Gasteiger partial charge in [0.25, 0.3) is 0 Å². The molecule has 0 aromatic carbocycles. The molecule has 0 spiro atoms. The highest BCUT2D eigenvalue weighted by Crippen LogP contribution is 2.27. The van der Waals surface area contributed by atoms with Crippen LogP contribution in [0.15, 0.2) is 0 Å². The van der Waals surface area contributed by atoms with E-state index in [2.05, 4.69) is 31.4 Å². The molecular weight excluding hydrogens is 190 g/mol. The van der Waals surface area contributed by atoms with Crippen LogP contribution in [-0.4, -0.2) is 29.8 Å². The van der Waals surface area contributed by atoms with Gasteiger partial charge in [-0.05, 0) is 56.9 Å². The van der Waals surface area contributed by atoms with Crippen LogP contribution in [0.5, 0.6) is 0 Å². The third kappa shape index (κ3) is 4.70. The van der Waals surface area contributed by atoms with Gasteiger partial charge in [0.15, 0.2) is 0 Å². The average molecular weight is 215 g/mol. The van der Waals surface area contributed by atoms with E-state index in [0.29, 0.717) is 0 Å². The molecule has 0 bridgehead atoms. The molecule has 0 amide bonds. The van der Waals surface area contributed by atoms with E-state index in [1.165, 1.54) is 45.2 Å². The van der Waals surface area contributed by atoms with Crippen LogP contribution < -0.4 is 0 Å². The van der Waals surface area contributed by atoms with Crippen molar-refractivity contribution < 1.29 is 0 Å². The third-order valence-corrected chi connectivity index (χ3v) is 3.36. The second kappa shape index (κ2) is 6.73. The monoisotopic (exact) mass is 215 g/mol. The molecule has 1 unspecified atom stereocenters. The summed E-state index contributed by atoms with van der Waals surface area (Å²) in [7, 11) is 0. The molecule has 1 atom stereocenters. The molecule has 1 nitrogen and oxygen atoms in total. The van der Waals surface area contributed by atoms with Crippen LogP contribution >= 0.6 is 12.6 Å². The molecule has 0 saturated heterocycles. The maximum atomic E-state index is 4.29. The molecular formula is C12H25NS. The van der Waals surface area contributed by atoms with E-state index in [1.807, 2.05) is 0 Å². The zero-order valence-corrected chi connectivity index (χ0v) is 10.6. The largest absolute Gasteiger partial charge is 0.300 e. The van der Waals surface area contributed by atoms with Gasteiger partial charge in [-0.1, -0.05) is 13.8 Å². The minimum Gasteiger partial charge on any atom is -0.300 e. The topological polar surface area (TPSA) is 3.24 Å².